The van der Waals surface area contributed by atoms with Gasteiger partial charge in [-0.3, -0.25) is 4.98 Å². The van der Waals surface area contributed by atoms with Crippen molar-refractivity contribution in [3.63, 3.8) is 0 Å². The second kappa shape index (κ2) is 5.25. The molecule has 2 heterocycles. The van der Waals surface area contributed by atoms with Crippen molar-refractivity contribution >= 4 is 5.69 Å². The Hall–Kier alpha value is -1.17. The molecule has 3 N–H and O–H groups in total. The summed E-state index contributed by atoms with van der Waals surface area (Å²) in [5.41, 5.74) is 7.56. The maximum Gasteiger partial charge on any atom is 0.0705 e. The number of hydrogen-bond donors (Lipinski definition) is 2. The molecule has 1 aromatic heterocycles. The van der Waals surface area contributed by atoms with Gasteiger partial charge in [0, 0.05) is 25.0 Å². The van der Waals surface area contributed by atoms with E-state index in [-0.39, 0.29) is 6.61 Å². The monoisotopic (exact) mass is 223 g/mol. The summed E-state index contributed by atoms with van der Waals surface area (Å²) < 4.78 is 5.30. The van der Waals surface area contributed by atoms with Gasteiger partial charge in [-0.25, -0.2) is 0 Å². The van der Waals surface area contributed by atoms with Gasteiger partial charge in [-0.15, -0.1) is 0 Å². The molecule has 1 saturated heterocycles. The number of hydrogen-bond acceptors (Lipinski definition) is 5. The maximum absolute atomic E-state index is 8.99. The standard InChI is InChI=1S/C11H17N3O2/c12-10(8-15)11-7-9(1-2-13-11)14-3-5-16-6-4-14/h1-2,7,10,15H,3-6,8,12H2. The van der Waals surface area contributed by atoms with E-state index in [1.807, 2.05) is 12.1 Å². The fraction of sp³-hybridized carbons (Fsp3) is 0.545. The van der Waals surface area contributed by atoms with Crippen molar-refractivity contribution in [1.29, 1.82) is 0 Å². The molecule has 0 aliphatic carbocycles. The third-order valence-corrected chi connectivity index (χ3v) is 2.72. The van der Waals surface area contributed by atoms with E-state index in [4.69, 9.17) is 15.6 Å². The predicted octanol–water partition coefficient (Wildman–Crippen LogP) is -0.0897. The van der Waals surface area contributed by atoms with Crippen molar-refractivity contribution < 1.29 is 9.84 Å². The summed E-state index contributed by atoms with van der Waals surface area (Å²) in [6, 6.07) is 3.49. The van der Waals surface area contributed by atoms with Crippen molar-refractivity contribution in [2.24, 2.45) is 5.73 Å². The van der Waals surface area contributed by atoms with Crippen LogP contribution < -0.4 is 10.6 Å². The lowest BCUT2D eigenvalue weighted by atomic mass is 10.2. The summed E-state index contributed by atoms with van der Waals surface area (Å²) in [4.78, 5) is 6.40. The average Bonchev–Trinajstić information content (AvgIpc) is 2.39. The van der Waals surface area contributed by atoms with Gasteiger partial charge in [0.15, 0.2) is 0 Å². The molecular formula is C11H17N3O2. The Bertz CT molecular complexity index is 340. The molecule has 16 heavy (non-hydrogen) atoms. The Morgan fingerprint density at radius 2 is 2.25 bits per heavy atom. The lowest BCUT2D eigenvalue weighted by Crippen LogP contribution is -2.36. The van der Waals surface area contributed by atoms with Crippen LogP contribution in [-0.4, -0.2) is 43.0 Å². The number of pyridine rings is 1. The topological polar surface area (TPSA) is 71.6 Å². The first-order valence-electron chi connectivity index (χ1n) is 5.46. The predicted molar refractivity (Wildman–Crippen MR) is 61.3 cm³/mol. The molecule has 1 aliphatic rings. The average molecular weight is 223 g/mol. The number of aromatic nitrogens is 1. The third-order valence-electron chi connectivity index (χ3n) is 2.72. The lowest BCUT2D eigenvalue weighted by molar-refractivity contribution is 0.122. The number of nitrogens with zero attached hydrogens (tertiary/aromatic N) is 2. The molecule has 2 rings (SSSR count). The molecule has 0 aromatic carbocycles. The van der Waals surface area contributed by atoms with E-state index >= 15 is 0 Å². The molecule has 5 heteroatoms. The second-order valence-electron chi connectivity index (χ2n) is 3.83. The van der Waals surface area contributed by atoms with Gasteiger partial charge in [0.1, 0.15) is 0 Å². The molecule has 88 valence electrons. The normalized spacial score (nSPS) is 18.5. The second-order valence-corrected chi connectivity index (χ2v) is 3.83. The minimum Gasteiger partial charge on any atom is -0.394 e. The molecule has 1 aliphatic heterocycles. The zero-order valence-electron chi connectivity index (χ0n) is 9.17. The quantitative estimate of drug-likeness (QED) is 0.749. The van der Waals surface area contributed by atoms with Gasteiger partial charge in [-0.1, -0.05) is 0 Å². The van der Waals surface area contributed by atoms with Gasteiger partial charge in [0.25, 0.3) is 0 Å². The van der Waals surface area contributed by atoms with E-state index in [0.29, 0.717) is 0 Å². The van der Waals surface area contributed by atoms with Gasteiger partial charge in [0.05, 0.1) is 31.6 Å². The van der Waals surface area contributed by atoms with Gasteiger partial charge >= 0.3 is 0 Å². The van der Waals surface area contributed by atoms with E-state index in [0.717, 1.165) is 37.7 Å². The smallest absolute Gasteiger partial charge is 0.0705 e. The highest BCUT2D eigenvalue weighted by atomic mass is 16.5. The van der Waals surface area contributed by atoms with Crippen molar-refractivity contribution in [3.8, 4) is 0 Å². The molecule has 1 fully saturated rings. The van der Waals surface area contributed by atoms with Crippen molar-refractivity contribution in [3.05, 3.63) is 24.0 Å². The molecular weight excluding hydrogens is 206 g/mol. The first-order chi connectivity index (χ1) is 7.81. The summed E-state index contributed by atoms with van der Waals surface area (Å²) in [6.45, 7) is 3.20. The molecule has 1 aromatic rings. The van der Waals surface area contributed by atoms with E-state index in [1.165, 1.54) is 0 Å². The third kappa shape index (κ3) is 2.49. The van der Waals surface area contributed by atoms with Crippen LogP contribution in [-0.2, 0) is 4.74 Å². The molecule has 1 unspecified atom stereocenters. The summed E-state index contributed by atoms with van der Waals surface area (Å²) in [7, 11) is 0. The minimum atomic E-state index is -0.402. The number of aliphatic hydroxyl groups is 1. The molecule has 0 amide bonds. The highest BCUT2D eigenvalue weighted by molar-refractivity contribution is 5.47. The summed E-state index contributed by atoms with van der Waals surface area (Å²) >= 11 is 0. The van der Waals surface area contributed by atoms with Crippen LogP contribution in [0.15, 0.2) is 18.3 Å². The Morgan fingerprint density at radius 3 is 2.94 bits per heavy atom. The van der Waals surface area contributed by atoms with Crippen LogP contribution in [0.3, 0.4) is 0 Å². The summed E-state index contributed by atoms with van der Waals surface area (Å²) in [6.07, 6.45) is 1.73. The number of anilines is 1. The van der Waals surface area contributed by atoms with E-state index in [9.17, 15) is 0 Å². The van der Waals surface area contributed by atoms with Crippen molar-refractivity contribution in [2.75, 3.05) is 37.8 Å². The zero-order chi connectivity index (χ0) is 11.4. The zero-order valence-corrected chi connectivity index (χ0v) is 9.17. The molecule has 5 nitrogen and oxygen atoms in total. The molecule has 1 atom stereocenters. The maximum atomic E-state index is 8.99. The number of ether oxygens (including phenoxy) is 1. The van der Waals surface area contributed by atoms with Crippen LogP contribution in [0.5, 0.6) is 0 Å². The number of morpholine rings is 1. The first-order valence-corrected chi connectivity index (χ1v) is 5.46. The lowest BCUT2D eigenvalue weighted by Gasteiger charge is -2.29. The van der Waals surface area contributed by atoms with Gasteiger partial charge in [0.2, 0.25) is 0 Å². The Kier molecular flexibility index (Phi) is 3.71. The van der Waals surface area contributed by atoms with E-state index in [1.54, 1.807) is 6.20 Å². The van der Waals surface area contributed by atoms with Crippen LogP contribution in [0.25, 0.3) is 0 Å². The Balaban J connectivity index is 2.14. The van der Waals surface area contributed by atoms with Crippen LogP contribution >= 0.6 is 0 Å². The highest BCUT2D eigenvalue weighted by Crippen LogP contribution is 2.18. The molecule has 0 saturated carbocycles. The number of rotatable bonds is 3. The molecule has 0 bridgehead atoms. The van der Waals surface area contributed by atoms with Crippen LogP contribution in [0.1, 0.15) is 11.7 Å². The highest BCUT2D eigenvalue weighted by Gasteiger charge is 2.13. The first kappa shape index (κ1) is 11.3. The van der Waals surface area contributed by atoms with Crippen LogP contribution in [0.4, 0.5) is 5.69 Å². The molecule has 0 radical (unpaired) electrons. The Labute approximate surface area is 94.8 Å². The SMILES string of the molecule is NC(CO)c1cc(N2CCOCC2)ccn1. The number of nitrogens with two attached hydrogens (primary N) is 1. The largest absolute Gasteiger partial charge is 0.394 e. The van der Waals surface area contributed by atoms with E-state index < -0.39 is 6.04 Å². The van der Waals surface area contributed by atoms with Gasteiger partial charge in [-0.2, -0.15) is 0 Å². The fourth-order valence-corrected chi connectivity index (χ4v) is 1.75. The van der Waals surface area contributed by atoms with Crippen molar-refractivity contribution in [1.82, 2.24) is 4.98 Å². The summed E-state index contributed by atoms with van der Waals surface area (Å²) in [5.74, 6) is 0. The van der Waals surface area contributed by atoms with Gasteiger partial charge in [-0.05, 0) is 12.1 Å². The summed E-state index contributed by atoms with van der Waals surface area (Å²) in [5, 5.41) is 8.99. The van der Waals surface area contributed by atoms with Crippen LogP contribution in [0, 0.1) is 0 Å². The van der Waals surface area contributed by atoms with Crippen LogP contribution in [0.2, 0.25) is 0 Å². The van der Waals surface area contributed by atoms with Gasteiger partial charge < -0.3 is 20.5 Å². The Morgan fingerprint density at radius 1 is 1.50 bits per heavy atom. The fourth-order valence-electron chi connectivity index (χ4n) is 1.75. The van der Waals surface area contributed by atoms with Crippen molar-refractivity contribution in [2.45, 2.75) is 6.04 Å². The minimum absolute atomic E-state index is 0.0838. The number of aliphatic hydroxyl groups excluding tert-OH is 1. The van der Waals surface area contributed by atoms with E-state index in [2.05, 4.69) is 9.88 Å². The molecule has 0 spiro atoms.